The normalized spacial score (nSPS) is 10.1. The number of benzene rings is 2. The molecule has 0 heterocycles. The molecule has 0 atom stereocenters. The lowest BCUT2D eigenvalue weighted by molar-refractivity contribution is -0.123. The number of methoxy groups -OCH3 is 1. The molecule has 0 aromatic heterocycles. The monoisotopic (exact) mass is 367 g/mol. The molecule has 126 valence electrons. The summed E-state index contributed by atoms with van der Waals surface area (Å²) in [6, 6.07) is 9.79. The molecule has 0 bridgehead atoms. The molecule has 0 aliphatic rings. The lowest BCUT2D eigenvalue weighted by Crippen LogP contribution is -2.28. The van der Waals surface area contributed by atoms with E-state index >= 15 is 0 Å². The van der Waals surface area contributed by atoms with Crippen molar-refractivity contribution >= 4 is 35.4 Å². The van der Waals surface area contributed by atoms with Gasteiger partial charge < -0.3 is 14.8 Å². The summed E-state index contributed by atoms with van der Waals surface area (Å²) in [6.07, 6.45) is 0.642. The van der Waals surface area contributed by atoms with Crippen molar-refractivity contribution in [2.75, 3.05) is 13.7 Å². The van der Waals surface area contributed by atoms with E-state index in [1.165, 1.54) is 13.2 Å². The Hall–Kier alpha value is -2.24. The SMILES string of the molecule is COc1ccc(OCC(=O)NCc2ccc(Cl)cc2Cl)c(C=O)c1. The topological polar surface area (TPSA) is 64.6 Å². The Kier molecular flexibility index (Phi) is 6.46. The number of halogens is 2. The summed E-state index contributed by atoms with van der Waals surface area (Å²) < 4.78 is 10.4. The van der Waals surface area contributed by atoms with Crippen LogP contribution < -0.4 is 14.8 Å². The first kappa shape index (κ1) is 18.1. The molecule has 0 unspecified atom stereocenters. The Morgan fingerprint density at radius 1 is 1.21 bits per heavy atom. The van der Waals surface area contributed by atoms with Crippen LogP contribution in [-0.2, 0) is 11.3 Å². The van der Waals surface area contributed by atoms with Crippen molar-refractivity contribution in [3.05, 3.63) is 57.6 Å². The zero-order valence-electron chi connectivity index (χ0n) is 12.8. The summed E-state index contributed by atoms with van der Waals surface area (Å²) >= 11 is 11.9. The van der Waals surface area contributed by atoms with Crippen LogP contribution >= 0.6 is 23.2 Å². The molecule has 0 spiro atoms. The van der Waals surface area contributed by atoms with Gasteiger partial charge in [-0.3, -0.25) is 9.59 Å². The number of nitrogens with one attached hydrogen (secondary N) is 1. The van der Waals surface area contributed by atoms with E-state index in [2.05, 4.69) is 5.32 Å². The van der Waals surface area contributed by atoms with Gasteiger partial charge in [-0.15, -0.1) is 0 Å². The van der Waals surface area contributed by atoms with Gasteiger partial charge in [0, 0.05) is 16.6 Å². The smallest absolute Gasteiger partial charge is 0.258 e. The molecule has 2 rings (SSSR count). The molecule has 1 N–H and O–H groups in total. The van der Waals surface area contributed by atoms with E-state index in [-0.39, 0.29) is 19.1 Å². The number of hydrogen-bond donors (Lipinski definition) is 1. The van der Waals surface area contributed by atoms with Crippen LogP contribution in [0.25, 0.3) is 0 Å². The maximum Gasteiger partial charge on any atom is 0.258 e. The van der Waals surface area contributed by atoms with E-state index in [0.29, 0.717) is 33.4 Å². The van der Waals surface area contributed by atoms with Crippen molar-refractivity contribution in [1.82, 2.24) is 5.32 Å². The van der Waals surface area contributed by atoms with Gasteiger partial charge in [0.25, 0.3) is 5.91 Å². The van der Waals surface area contributed by atoms with Gasteiger partial charge >= 0.3 is 0 Å². The van der Waals surface area contributed by atoms with Crippen molar-refractivity contribution in [1.29, 1.82) is 0 Å². The van der Waals surface area contributed by atoms with Crippen LogP contribution in [0.15, 0.2) is 36.4 Å². The first-order valence-corrected chi connectivity index (χ1v) is 7.75. The van der Waals surface area contributed by atoms with Gasteiger partial charge in [0.1, 0.15) is 11.5 Å². The highest BCUT2D eigenvalue weighted by atomic mass is 35.5. The fourth-order valence-electron chi connectivity index (χ4n) is 1.93. The first-order chi connectivity index (χ1) is 11.5. The van der Waals surface area contributed by atoms with Gasteiger partial charge in [-0.1, -0.05) is 29.3 Å². The average Bonchev–Trinajstić information content (AvgIpc) is 2.59. The minimum Gasteiger partial charge on any atom is -0.497 e. The standard InChI is InChI=1S/C17H15Cl2NO4/c1-23-14-4-5-16(12(6-14)9-21)24-10-17(22)20-8-11-2-3-13(18)7-15(11)19/h2-7,9H,8,10H2,1H3,(H,20,22). The third-order valence-electron chi connectivity index (χ3n) is 3.19. The van der Waals surface area contributed by atoms with Gasteiger partial charge in [-0.2, -0.15) is 0 Å². The van der Waals surface area contributed by atoms with Gasteiger partial charge in [0.2, 0.25) is 0 Å². The highest BCUT2D eigenvalue weighted by Gasteiger charge is 2.09. The van der Waals surface area contributed by atoms with Crippen LogP contribution in [0, 0.1) is 0 Å². The van der Waals surface area contributed by atoms with Crippen LogP contribution in [0.1, 0.15) is 15.9 Å². The maximum absolute atomic E-state index is 11.9. The summed E-state index contributed by atoms with van der Waals surface area (Å²) in [7, 11) is 1.50. The molecule has 7 heteroatoms. The third kappa shape index (κ3) is 4.88. The molecule has 24 heavy (non-hydrogen) atoms. The maximum atomic E-state index is 11.9. The predicted molar refractivity (Wildman–Crippen MR) is 92.2 cm³/mol. The van der Waals surface area contributed by atoms with Crippen molar-refractivity contribution in [2.24, 2.45) is 0 Å². The Labute approximate surface area is 149 Å². The third-order valence-corrected chi connectivity index (χ3v) is 3.78. The molecule has 0 aliphatic heterocycles. The lowest BCUT2D eigenvalue weighted by atomic mass is 10.2. The second-order valence-electron chi connectivity index (χ2n) is 4.82. The van der Waals surface area contributed by atoms with E-state index in [1.54, 1.807) is 30.3 Å². The summed E-state index contributed by atoms with van der Waals surface area (Å²) in [5, 5.41) is 3.69. The largest absolute Gasteiger partial charge is 0.497 e. The van der Waals surface area contributed by atoms with E-state index in [1.807, 2.05) is 0 Å². The predicted octanol–water partition coefficient (Wildman–Crippen LogP) is 3.51. The molecule has 2 aromatic rings. The highest BCUT2D eigenvalue weighted by molar-refractivity contribution is 6.35. The molecule has 5 nitrogen and oxygen atoms in total. The Morgan fingerprint density at radius 3 is 2.67 bits per heavy atom. The van der Waals surface area contributed by atoms with Crippen LogP contribution in [-0.4, -0.2) is 25.9 Å². The number of aldehydes is 1. The molecule has 0 aliphatic carbocycles. The number of carbonyl (C=O) groups is 2. The van der Waals surface area contributed by atoms with Gasteiger partial charge in [0.05, 0.1) is 12.7 Å². The molecule has 0 fully saturated rings. The van der Waals surface area contributed by atoms with E-state index in [0.717, 1.165) is 5.56 Å². The van der Waals surface area contributed by atoms with Crippen LogP contribution in [0.4, 0.5) is 0 Å². The van der Waals surface area contributed by atoms with Gasteiger partial charge in [-0.05, 0) is 35.9 Å². The number of amides is 1. The Morgan fingerprint density at radius 2 is 2.00 bits per heavy atom. The summed E-state index contributed by atoms with van der Waals surface area (Å²) in [5.74, 6) is 0.505. The minimum atomic E-state index is -0.339. The van der Waals surface area contributed by atoms with Gasteiger partial charge in [0.15, 0.2) is 12.9 Å². The summed E-state index contributed by atoms with van der Waals surface area (Å²) in [6.45, 7) is 0.0275. The van der Waals surface area contributed by atoms with E-state index in [4.69, 9.17) is 32.7 Å². The molecule has 2 aromatic carbocycles. The van der Waals surface area contributed by atoms with Crippen molar-refractivity contribution in [3.8, 4) is 11.5 Å². The van der Waals surface area contributed by atoms with Crippen LogP contribution in [0.2, 0.25) is 10.0 Å². The van der Waals surface area contributed by atoms with Crippen molar-refractivity contribution in [3.63, 3.8) is 0 Å². The van der Waals surface area contributed by atoms with Crippen molar-refractivity contribution < 1.29 is 19.1 Å². The van der Waals surface area contributed by atoms with E-state index < -0.39 is 0 Å². The van der Waals surface area contributed by atoms with Crippen molar-refractivity contribution in [2.45, 2.75) is 6.54 Å². The summed E-state index contributed by atoms with van der Waals surface area (Å²) in [5.41, 5.74) is 1.05. The molecular formula is C17H15Cl2NO4. The number of rotatable bonds is 7. The van der Waals surface area contributed by atoms with Crippen LogP contribution in [0.3, 0.4) is 0 Å². The second-order valence-corrected chi connectivity index (χ2v) is 5.67. The van der Waals surface area contributed by atoms with Gasteiger partial charge in [-0.25, -0.2) is 0 Å². The Bertz CT molecular complexity index is 749. The number of carbonyl (C=O) groups excluding carboxylic acids is 2. The number of ether oxygens (including phenoxy) is 2. The number of hydrogen-bond acceptors (Lipinski definition) is 4. The second kappa shape index (κ2) is 8.57. The molecule has 0 saturated carbocycles. The lowest BCUT2D eigenvalue weighted by Gasteiger charge is -2.11. The summed E-state index contributed by atoms with van der Waals surface area (Å²) in [4.78, 5) is 22.9. The fraction of sp³-hybridized carbons (Fsp3) is 0.176. The average molecular weight is 368 g/mol. The zero-order valence-corrected chi connectivity index (χ0v) is 14.4. The molecule has 0 saturated heterocycles. The van der Waals surface area contributed by atoms with E-state index in [9.17, 15) is 9.59 Å². The quantitative estimate of drug-likeness (QED) is 0.760. The highest BCUT2D eigenvalue weighted by Crippen LogP contribution is 2.23. The first-order valence-electron chi connectivity index (χ1n) is 7.00. The molecule has 0 radical (unpaired) electrons. The Balaban J connectivity index is 1.90. The molecular weight excluding hydrogens is 353 g/mol. The minimum absolute atomic E-state index is 0.224. The van der Waals surface area contributed by atoms with Crippen LogP contribution in [0.5, 0.6) is 11.5 Å². The fourth-order valence-corrected chi connectivity index (χ4v) is 2.41. The zero-order chi connectivity index (χ0) is 17.5. The molecule has 1 amide bonds.